The van der Waals surface area contributed by atoms with E-state index in [-0.39, 0.29) is 18.2 Å². The van der Waals surface area contributed by atoms with Gasteiger partial charge in [0.2, 0.25) is 11.8 Å². The molecular formula is C25H19Cl2FN2O2. The minimum absolute atomic E-state index is 0.0840. The van der Waals surface area contributed by atoms with Gasteiger partial charge < -0.3 is 10.6 Å². The van der Waals surface area contributed by atoms with Crippen LogP contribution in [-0.2, 0) is 15.0 Å². The highest BCUT2D eigenvalue weighted by molar-refractivity contribution is 6.31. The van der Waals surface area contributed by atoms with Gasteiger partial charge in [0, 0.05) is 28.1 Å². The number of benzene rings is 3. The Morgan fingerprint density at radius 1 is 1.00 bits per heavy atom. The van der Waals surface area contributed by atoms with Crippen LogP contribution in [0.2, 0.25) is 10.0 Å². The van der Waals surface area contributed by atoms with Gasteiger partial charge in [-0.05, 0) is 59.5 Å². The van der Waals surface area contributed by atoms with E-state index in [1.165, 1.54) is 6.07 Å². The van der Waals surface area contributed by atoms with Crippen LogP contribution in [-0.4, -0.2) is 11.8 Å². The Bertz CT molecular complexity index is 1280. The van der Waals surface area contributed by atoms with E-state index < -0.39 is 23.2 Å². The van der Waals surface area contributed by atoms with E-state index >= 15 is 0 Å². The van der Waals surface area contributed by atoms with Crippen LogP contribution in [0.4, 0.5) is 10.1 Å². The SMILES string of the molecule is Cc1c(F)cccc1[C@@H]1NC(=O)C[C@H](c2cccc(Cl)c2)[C@@]12C(=O)Nc1cc(Cl)ccc12. The minimum Gasteiger partial charge on any atom is -0.348 e. The summed E-state index contributed by atoms with van der Waals surface area (Å²) in [4.78, 5) is 26.8. The lowest BCUT2D eigenvalue weighted by molar-refractivity contribution is -0.131. The van der Waals surface area contributed by atoms with Gasteiger partial charge in [-0.2, -0.15) is 0 Å². The lowest BCUT2D eigenvalue weighted by Gasteiger charge is -2.46. The lowest BCUT2D eigenvalue weighted by atomic mass is 9.59. The van der Waals surface area contributed by atoms with Crippen molar-refractivity contribution in [1.82, 2.24) is 5.32 Å². The van der Waals surface area contributed by atoms with E-state index in [4.69, 9.17) is 23.2 Å². The number of rotatable bonds is 2. The zero-order valence-corrected chi connectivity index (χ0v) is 18.6. The van der Waals surface area contributed by atoms with Crippen molar-refractivity contribution >= 4 is 40.7 Å². The molecule has 2 heterocycles. The summed E-state index contributed by atoms with van der Waals surface area (Å²) in [5.41, 5.74) is 1.80. The number of nitrogens with one attached hydrogen (secondary N) is 2. The summed E-state index contributed by atoms with van der Waals surface area (Å²) in [5, 5.41) is 6.96. The molecule has 0 radical (unpaired) electrons. The van der Waals surface area contributed by atoms with Crippen LogP contribution in [0.5, 0.6) is 0 Å². The third kappa shape index (κ3) is 3.03. The highest BCUT2D eigenvalue weighted by atomic mass is 35.5. The Labute approximate surface area is 194 Å². The molecule has 1 saturated heterocycles. The third-order valence-electron chi connectivity index (χ3n) is 6.62. The van der Waals surface area contributed by atoms with Crippen LogP contribution in [0.25, 0.3) is 0 Å². The van der Waals surface area contributed by atoms with Crippen LogP contribution >= 0.6 is 23.2 Å². The van der Waals surface area contributed by atoms with Gasteiger partial charge in [0.05, 0.1) is 6.04 Å². The number of hydrogen-bond donors (Lipinski definition) is 2. The summed E-state index contributed by atoms with van der Waals surface area (Å²) in [6.45, 7) is 1.66. The molecule has 32 heavy (non-hydrogen) atoms. The van der Waals surface area contributed by atoms with Crippen LogP contribution < -0.4 is 10.6 Å². The molecule has 162 valence electrons. The molecule has 3 aromatic rings. The second-order valence-corrected chi connectivity index (χ2v) is 9.15. The van der Waals surface area contributed by atoms with Gasteiger partial charge in [0.25, 0.3) is 0 Å². The average molecular weight is 469 g/mol. The van der Waals surface area contributed by atoms with Crippen molar-refractivity contribution in [3.63, 3.8) is 0 Å². The first-order chi connectivity index (χ1) is 15.3. The van der Waals surface area contributed by atoms with Gasteiger partial charge in [0.1, 0.15) is 11.2 Å². The molecule has 3 aromatic carbocycles. The van der Waals surface area contributed by atoms with Crippen LogP contribution in [0, 0.1) is 12.7 Å². The fraction of sp³-hybridized carbons (Fsp3) is 0.200. The quantitative estimate of drug-likeness (QED) is 0.508. The molecule has 0 aliphatic carbocycles. The molecule has 5 rings (SSSR count). The van der Waals surface area contributed by atoms with E-state index in [2.05, 4.69) is 10.6 Å². The van der Waals surface area contributed by atoms with Crippen molar-refractivity contribution < 1.29 is 14.0 Å². The van der Waals surface area contributed by atoms with Gasteiger partial charge in [-0.25, -0.2) is 4.39 Å². The second kappa shape index (κ2) is 7.61. The molecule has 0 bridgehead atoms. The van der Waals surface area contributed by atoms with Crippen LogP contribution in [0.15, 0.2) is 60.7 Å². The molecular weight excluding hydrogens is 450 g/mol. The lowest BCUT2D eigenvalue weighted by Crippen LogP contribution is -2.57. The first kappa shape index (κ1) is 21.0. The summed E-state index contributed by atoms with van der Waals surface area (Å²) in [6, 6.07) is 16.4. The molecule has 4 nitrogen and oxygen atoms in total. The smallest absolute Gasteiger partial charge is 0.238 e. The molecule has 2 aliphatic heterocycles. The van der Waals surface area contributed by atoms with Crippen molar-refractivity contribution in [2.24, 2.45) is 0 Å². The number of fused-ring (bicyclic) bond motifs is 2. The largest absolute Gasteiger partial charge is 0.348 e. The van der Waals surface area contributed by atoms with Gasteiger partial charge in [-0.3, -0.25) is 9.59 Å². The van der Waals surface area contributed by atoms with E-state index in [1.54, 1.807) is 49.4 Å². The van der Waals surface area contributed by atoms with Gasteiger partial charge in [-0.15, -0.1) is 0 Å². The summed E-state index contributed by atoms with van der Waals surface area (Å²) in [6.07, 6.45) is 0.0840. The molecule has 2 aliphatic rings. The van der Waals surface area contributed by atoms with E-state index in [1.807, 2.05) is 12.1 Å². The second-order valence-electron chi connectivity index (χ2n) is 8.28. The first-order valence-corrected chi connectivity index (χ1v) is 11.0. The van der Waals surface area contributed by atoms with E-state index in [9.17, 15) is 14.0 Å². The maximum atomic E-state index is 14.6. The predicted molar refractivity (Wildman–Crippen MR) is 123 cm³/mol. The summed E-state index contributed by atoms with van der Waals surface area (Å²) in [7, 11) is 0. The van der Waals surface area contributed by atoms with Crippen LogP contribution in [0.3, 0.4) is 0 Å². The van der Waals surface area contributed by atoms with E-state index in [0.29, 0.717) is 32.4 Å². The maximum absolute atomic E-state index is 14.6. The minimum atomic E-state index is -1.21. The number of carbonyl (C=O) groups is 2. The highest BCUT2D eigenvalue weighted by Gasteiger charge is 2.61. The summed E-state index contributed by atoms with van der Waals surface area (Å²) in [5.74, 6) is -1.41. The van der Waals surface area contributed by atoms with Crippen LogP contribution in [0.1, 0.15) is 40.6 Å². The van der Waals surface area contributed by atoms with Crippen molar-refractivity contribution in [2.75, 3.05) is 5.32 Å². The molecule has 0 unspecified atom stereocenters. The zero-order valence-electron chi connectivity index (χ0n) is 17.1. The molecule has 1 fully saturated rings. The highest BCUT2D eigenvalue weighted by Crippen LogP contribution is 2.57. The van der Waals surface area contributed by atoms with E-state index in [0.717, 1.165) is 5.56 Å². The fourth-order valence-corrected chi connectivity index (χ4v) is 5.58. The number of halogens is 3. The number of hydrogen-bond acceptors (Lipinski definition) is 2. The molecule has 2 amide bonds. The topological polar surface area (TPSA) is 58.2 Å². The van der Waals surface area contributed by atoms with Crippen molar-refractivity contribution in [1.29, 1.82) is 0 Å². The monoisotopic (exact) mass is 468 g/mol. The molecule has 3 atom stereocenters. The normalized spacial score (nSPS) is 24.2. The van der Waals surface area contributed by atoms with Crippen molar-refractivity contribution in [3.8, 4) is 0 Å². The zero-order chi connectivity index (χ0) is 22.6. The summed E-state index contributed by atoms with van der Waals surface area (Å²) >= 11 is 12.5. The molecule has 1 spiro atoms. The molecule has 7 heteroatoms. The van der Waals surface area contributed by atoms with Crippen molar-refractivity contribution in [2.45, 2.75) is 30.7 Å². The molecule has 2 N–H and O–H groups in total. The number of amides is 2. The molecule has 0 saturated carbocycles. The standard InChI is InChI=1S/C25H19Cl2FN2O2/c1-13-17(6-3-7-20(13)28)23-25(18-9-8-16(27)11-21(18)29-24(25)32)19(12-22(31)30-23)14-4-2-5-15(26)10-14/h2-11,19,23H,12H2,1H3,(H,29,32)(H,30,31)/t19-,23+,25-/m1/s1. The number of anilines is 1. The number of piperidine rings is 1. The average Bonchev–Trinajstić information content (AvgIpc) is 3.03. The van der Waals surface area contributed by atoms with Gasteiger partial charge >= 0.3 is 0 Å². The first-order valence-electron chi connectivity index (χ1n) is 10.2. The van der Waals surface area contributed by atoms with Gasteiger partial charge in [-0.1, -0.05) is 53.5 Å². The predicted octanol–water partition coefficient (Wildman–Crippen LogP) is 5.68. The Morgan fingerprint density at radius 3 is 2.53 bits per heavy atom. The summed E-state index contributed by atoms with van der Waals surface area (Å²) < 4.78 is 14.6. The Balaban J connectivity index is 1.83. The number of carbonyl (C=O) groups excluding carboxylic acids is 2. The Hall–Kier alpha value is -2.89. The third-order valence-corrected chi connectivity index (χ3v) is 7.09. The Kier molecular flexibility index (Phi) is 4.99. The Morgan fingerprint density at radius 2 is 1.75 bits per heavy atom. The van der Waals surface area contributed by atoms with Gasteiger partial charge in [0.15, 0.2) is 0 Å². The molecule has 0 aromatic heterocycles. The van der Waals surface area contributed by atoms with Crippen molar-refractivity contribution in [3.05, 3.63) is 98.8 Å². The maximum Gasteiger partial charge on any atom is 0.238 e. The fourth-order valence-electron chi connectivity index (χ4n) is 5.21.